The van der Waals surface area contributed by atoms with Gasteiger partial charge < -0.3 is 20.9 Å². The Hall–Kier alpha value is -2.93. The second-order valence-corrected chi connectivity index (χ2v) is 6.56. The highest BCUT2D eigenvalue weighted by Gasteiger charge is 2.29. The molecule has 1 atom stereocenters. The Morgan fingerprint density at radius 3 is 2.15 bits per heavy atom. The molecule has 0 saturated heterocycles. The van der Waals surface area contributed by atoms with Gasteiger partial charge in [0.25, 0.3) is 0 Å². The summed E-state index contributed by atoms with van der Waals surface area (Å²) < 4.78 is 5.30. The van der Waals surface area contributed by atoms with Gasteiger partial charge in [-0.25, -0.2) is 9.59 Å². The quantitative estimate of drug-likeness (QED) is 0.676. The molecule has 0 heterocycles. The number of alkyl carbamates (subject to hydrolysis) is 1. The number of rotatable bonds is 6. The van der Waals surface area contributed by atoms with Crippen molar-refractivity contribution in [1.82, 2.24) is 5.32 Å². The molecule has 0 spiro atoms. The summed E-state index contributed by atoms with van der Waals surface area (Å²) in [5.74, 6) is -1.31. The first kappa shape index (κ1) is 17.9. The number of carbonyl (C=O) groups is 2. The summed E-state index contributed by atoms with van der Waals surface area (Å²) in [6, 6.07) is 14.7. The number of carbonyl (C=O) groups excluding carboxylic acids is 1. The average molecular weight is 370 g/mol. The summed E-state index contributed by atoms with van der Waals surface area (Å²) in [7, 11) is 0. The van der Waals surface area contributed by atoms with Crippen molar-refractivity contribution in [3.63, 3.8) is 0 Å². The SMILES string of the molecule is NC(=S)C[C@H](NC(=O)OCC1c2ccccc2-c2ccccc21)C(=O)O. The zero-order valence-corrected chi connectivity index (χ0v) is 14.7. The van der Waals surface area contributed by atoms with Crippen LogP contribution in [0.15, 0.2) is 48.5 Å². The number of nitrogens with two attached hydrogens (primary N) is 1. The van der Waals surface area contributed by atoms with Crippen LogP contribution in [0.5, 0.6) is 0 Å². The number of ether oxygens (including phenoxy) is 1. The Balaban J connectivity index is 1.71. The van der Waals surface area contributed by atoms with E-state index in [2.05, 4.69) is 5.32 Å². The van der Waals surface area contributed by atoms with Crippen molar-refractivity contribution >= 4 is 29.3 Å². The topological polar surface area (TPSA) is 102 Å². The van der Waals surface area contributed by atoms with Gasteiger partial charge >= 0.3 is 12.1 Å². The summed E-state index contributed by atoms with van der Waals surface area (Å²) in [6.07, 6.45) is -0.940. The fourth-order valence-electron chi connectivity index (χ4n) is 3.18. The van der Waals surface area contributed by atoms with Gasteiger partial charge in [0.2, 0.25) is 0 Å². The van der Waals surface area contributed by atoms with Crippen LogP contribution < -0.4 is 11.1 Å². The lowest BCUT2D eigenvalue weighted by atomic mass is 9.98. The van der Waals surface area contributed by atoms with Crippen LogP contribution in [0.25, 0.3) is 11.1 Å². The third kappa shape index (κ3) is 3.67. The first-order valence-corrected chi connectivity index (χ1v) is 8.51. The van der Waals surface area contributed by atoms with E-state index in [-0.39, 0.29) is 23.9 Å². The van der Waals surface area contributed by atoms with Crippen molar-refractivity contribution in [1.29, 1.82) is 0 Å². The van der Waals surface area contributed by atoms with E-state index in [0.29, 0.717) is 0 Å². The Morgan fingerprint density at radius 1 is 1.12 bits per heavy atom. The van der Waals surface area contributed by atoms with Gasteiger partial charge in [-0.05, 0) is 22.3 Å². The van der Waals surface area contributed by atoms with Gasteiger partial charge in [-0.3, -0.25) is 0 Å². The van der Waals surface area contributed by atoms with Crippen LogP contribution in [0.1, 0.15) is 23.5 Å². The van der Waals surface area contributed by atoms with Crippen LogP contribution >= 0.6 is 12.2 Å². The fourth-order valence-corrected chi connectivity index (χ4v) is 3.35. The second kappa shape index (κ2) is 7.53. The molecule has 4 N–H and O–H groups in total. The largest absolute Gasteiger partial charge is 0.480 e. The minimum atomic E-state index is -1.22. The third-order valence-electron chi connectivity index (χ3n) is 4.34. The van der Waals surface area contributed by atoms with Gasteiger partial charge in [0.15, 0.2) is 0 Å². The van der Waals surface area contributed by atoms with Crippen molar-refractivity contribution < 1.29 is 19.4 Å². The van der Waals surface area contributed by atoms with Gasteiger partial charge in [0.1, 0.15) is 12.6 Å². The normalized spacial score (nSPS) is 13.4. The number of carboxylic acid groups (broad SMARTS) is 1. The highest BCUT2D eigenvalue weighted by molar-refractivity contribution is 7.80. The Morgan fingerprint density at radius 2 is 1.65 bits per heavy atom. The van der Waals surface area contributed by atoms with Crippen LogP contribution in [0, 0.1) is 0 Å². The summed E-state index contributed by atoms with van der Waals surface area (Å²) >= 11 is 4.71. The minimum Gasteiger partial charge on any atom is -0.480 e. The van der Waals surface area contributed by atoms with Crippen molar-refractivity contribution in [3.8, 4) is 11.1 Å². The van der Waals surface area contributed by atoms with Gasteiger partial charge in [-0.2, -0.15) is 0 Å². The number of amides is 1. The van der Waals surface area contributed by atoms with E-state index in [0.717, 1.165) is 22.3 Å². The molecule has 3 rings (SSSR count). The lowest BCUT2D eigenvalue weighted by Crippen LogP contribution is -2.43. The predicted molar refractivity (Wildman–Crippen MR) is 101 cm³/mol. The van der Waals surface area contributed by atoms with E-state index in [9.17, 15) is 9.59 Å². The molecule has 134 valence electrons. The Labute approximate surface area is 156 Å². The van der Waals surface area contributed by atoms with Crippen molar-refractivity contribution in [2.24, 2.45) is 5.73 Å². The summed E-state index contributed by atoms with van der Waals surface area (Å²) in [5, 5.41) is 11.4. The fraction of sp³-hybridized carbons (Fsp3) is 0.211. The van der Waals surface area contributed by atoms with E-state index in [1.54, 1.807) is 0 Å². The standard InChI is InChI=1S/C19H18N2O4S/c20-17(26)9-16(18(22)23)21-19(24)25-10-15-13-7-3-1-5-11(13)12-6-2-4-8-14(12)15/h1-8,15-16H,9-10H2,(H2,20,26)(H,21,24)(H,22,23)/t16-/m0/s1. The number of benzene rings is 2. The zero-order valence-electron chi connectivity index (χ0n) is 13.8. The van der Waals surface area contributed by atoms with Crippen LogP contribution in [-0.2, 0) is 9.53 Å². The number of aliphatic carboxylic acids is 1. The van der Waals surface area contributed by atoms with Crippen molar-refractivity contribution in [3.05, 3.63) is 59.7 Å². The molecule has 1 amide bonds. The van der Waals surface area contributed by atoms with Crippen molar-refractivity contribution in [2.45, 2.75) is 18.4 Å². The number of thiocarbonyl (C=S) groups is 1. The molecular formula is C19H18N2O4S. The molecule has 0 aliphatic heterocycles. The van der Waals surface area contributed by atoms with E-state index < -0.39 is 18.1 Å². The summed E-state index contributed by atoms with van der Waals surface area (Å²) in [6.45, 7) is 0.110. The molecule has 0 fully saturated rings. The van der Waals surface area contributed by atoms with E-state index in [4.69, 9.17) is 27.8 Å². The molecule has 2 aromatic carbocycles. The molecule has 1 aliphatic rings. The van der Waals surface area contributed by atoms with Gasteiger partial charge in [-0.1, -0.05) is 60.7 Å². The molecule has 0 radical (unpaired) electrons. The molecule has 0 aromatic heterocycles. The maximum Gasteiger partial charge on any atom is 0.407 e. The number of carboxylic acids is 1. The Kier molecular flexibility index (Phi) is 5.18. The predicted octanol–water partition coefficient (Wildman–Crippen LogP) is 2.65. The van der Waals surface area contributed by atoms with E-state index in [1.165, 1.54) is 0 Å². The Bertz CT molecular complexity index is 823. The highest BCUT2D eigenvalue weighted by atomic mass is 32.1. The third-order valence-corrected chi connectivity index (χ3v) is 4.51. The van der Waals surface area contributed by atoms with Gasteiger partial charge in [-0.15, -0.1) is 0 Å². The molecule has 0 saturated carbocycles. The van der Waals surface area contributed by atoms with Crippen LogP contribution in [0.3, 0.4) is 0 Å². The van der Waals surface area contributed by atoms with Crippen molar-refractivity contribution in [2.75, 3.05) is 6.61 Å². The summed E-state index contributed by atoms with van der Waals surface area (Å²) in [5.41, 5.74) is 9.77. The molecule has 0 unspecified atom stereocenters. The van der Waals surface area contributed by atoms with Crippen LogP contribution in [-0.4, -0.2) is 34.8 Å². The van der Waals surface area contributed by atoms with Crippen LogP contribution in [0.2, 0.25) is 0 Å². The molecular weight excluding hydrogens is 352 g/mol. The van der Waals surface area contributed by atoms with Gasteiger partial charge in [0.05, 0.1) is 4.99 Å². The molecule has 6 nitrogen and oxygen atoms in total. The number of hydrogen-bond donors (Lipinski definition) is 3. The molecule has 7 heteroatoms. The molecule has 2 aromatic rings. The lowest BCUT2D eigenvalue weighted by Gasteiger charge is -2.17. The van der Waals surface area contributed by atoms with Gasteiger partial charge in [0, 0.05) is 12.3 Å². The second-order valence-electron chi connectivity index (χ2n) is 6.03. The number of hydrogen-bond acceptors (Lipinski definition) is 4. The lowest BCUT2D eigenvalue weighted by molar-refractivity contribution is -0.139. The summed E-state index contributed by atoms with van der Waals surface area (Å²) in [4.78, 5) is 23.2. The average Bonchev–Trinajstić information content (AvgIpc) is 2.93. The number of fused-ring (bicyclic) bond motifs is 3. The molecule has 0 bridgehead atoms. The molecule has 1 aliphatic carbocycles. The zero-order chi connectivity index (χ0) is 18.7. The smallest absolute Gasteiger partial charge is 0.407 e. The first-order valence-electron chi connectivity index (χ1n) is 8.10. The maximum absolute atomic E-state index is 12.0. The number of nitrogens with one attached hydrogen (secondary N) is 1. The molecule has 26 heavy (non-hydrogen) atoms. The monoisotopic (exact) mass is 370 g/mol. The maximum atomic E-state index is 12.0. The van der Waals surface area contributed by atoms with E-state index in [1.807, 2.05) is 48.5 Å². The minimum absolute atomic E-state index is 0.0105. The first-order chi connectivity index (χ1) is 12.5. The van der Waals surface area contributed by atoms with Crippen LogP contribution in [0.4, 0.5) is 4.79 Å². The van der Waals surface area contributed by atoms with E-state index >= 15 is 0 Å². The highest BCUT2D eigenvalue weighted by Crippen LogP contribution is 2.44.